The fourth-order valence-electron chi connectivity index (χ4n) is 4.07. The lowest BCUT2D eigenvalue weighted by molar-refractivity contribution is 0.550. The van der Waals surface area contributed by atoms with Crippen LogP contribution in [0.2, 0.25) is 0 Å². The molecule has 29 heavy (non-hydrogen) atoms. The van der Waals surface area contributed by atoms with Gasteiger partial charge in [-0.15, -0.1) is 0 Å². The van der Waals surface area contributed by atoms with Gasteiger partial charge in [0.05, 0.1) is 5.69 Å². The van der Waals surface area contributed by atoms with E-state index >= 15 is 0 Å². The first kappa shape index (κ1) is 23.7. The van der Waals surface area contributed by atoms with Gasteiger partial charge in [0.1, 0.15) is 5.82 Å². The molecule has 0 amide bonds. The maximum atomic E-state index is 5.02. The number of nitrogens with zero attached hydrogens (tertiary/aromatic N) is 2. The second-order valence-electron chi connectivity index (χ2n) is 8.61. The molecule has 0 aliphatic rings. The van der Waals surface area contributed by atoms with E-state index in [9.17, 15) is 0 Å². The molecule has 0 radical (unpaired) electrons. The molecule has 0 atom stereocenters. The summed E-state index contributed by atoms with van der Waals surface area (Å²) in [6.45, 7) is 5.70. The Hall–Kier alpha value is -1.57. The van der Waals surface area contributed by atoms with E-state index in [1.54, 1.807) is 0 Å². The molecule has 2 heteroatoms. The van der Waals surface area contributed by atoms with Crippen LogP contribution in [-0.2, 0) is 25.8 Å². The van der Waals surface area contributed by atoms with Crippen LogP contribution in [0, 0.1) is 0 Å². The summed E-state index contributed by atoms with van der Waals surface area (Å²) in [5, 5.41) is 0. The Morgan fingerprint density at radius 2 is 1.31 bits per heavy atom. The molecule has 0 bridgehead atoms. The van der Waals surface area contributed by atoms with Crippen LogP contribution in [0.4, 0.5) is 0 Å². The van der Waals surface area contributed by atoms with E-state index in [1.807, 2.05) is 0 Å². The number of hydrogen-bond acceptors (Lipinski definition) is 1. The van der Waals surface area contributed by atoms with Gasteiger partial charge in [-0.05, 0) is 37.7 Å². The Balaban J connectivity index is 1.71. The van der Waals surface area contributed by atoms with E-state index in [4.69, 9.17) is 4.98 Å². The second kappa shape index (κ2) is 15.3. The molecular weight excluding hydrogens is 352 g/mol. The maximum Gasteiger partial charge on any atom is 0.108 e. The maximum absolute atomic E-state index is 5.02. The quantitative estimate of drug-likeness (QED) is 0.248. The van der Waals surface area contributed by atoms with Crippen LogP contribution < -0.4 is 0 Å². The van der Waals surface area contributed by atoms with Gasteiger partial charge in [-0.2, -0.15) is 0 Å². The van der Waals surface area contributed by atoms with Crippen LogP contribution >= 0.6 is 0 Å². The summed E-state index contributed by atoms with van der Waals surface area (Å²) < 4.78 is 2.45. The monoisotopic (exact) mass is 396 g/mol. The van der Waals surface area contributed by atoms with Crippen molar-refractivity contribution in [3.05, 3.63) is 53.6 Å². The van der Waals surface area contributed by atoms with Crippen LogP contribution in [0.5, 0.6) is 0 Å². The Morgan fingerprint density at radius 1 is 0.655 bits per heavy atom. The fraction of sp³-hybridized carbons (Fsp3) is 0.667. The van der Waals surface area contributed by atoms with Crippen LogP contribution in [0.3, 0.4) is 0 Å². The lowest BCUT2D eigenvalue weighted by Gasteiger charge is -2.07. The molecule has 2 rings (SSSR count). The molecule has 2 nitrogen and oxygen atoms in total. The number of aromatic nitrogens is 2. The zero-order valence-electron chi connectivity index (χ0n) is 19.2. The third-order valence-electron chi connectivity index (χ3n) is 5.91. The van der Waals surface area contributed by atoms with E-state index < -0.39 is 0 Å². The summed E-state index contributed by atoms with van der Waals surface area (Å²) in [6.07, 6.45) is 21.9. The Kier molecular flexibility index (Phi) is 12.5. The van der Waals surface area contributed by atoms with Crippen molar-refractivity contribution in [2.24, 2.45) is 0 Å². The Bertz CT molecular complexity index is 629. The first-order valence-electron chi connectivity index (χ1n) is 12.4. The van der Waals surface area contributed by atoms with Gasteiger partial charge in [-0.25, -0.2) is 4.98 Å². The lowest BCUT2D eigenvalue weighted by atomic mass is 10.1. The normalized spacial score (nSPS) is 11.2. The highest BCUT2D eigenvalue weighted by Gasteiger charge is 2.08. The van der Waals surface area contributed by atoms with Gasteiger partial charge in [-0.3, -0.25) is 0 Å². The van der Waals surface area contributed by atoms with Gasteiger partial charge >= 0.3 is 0 Å². The summed E-state index contributed by atoms with van der Waals surface area (Å²) in [5.74, 6) is 1.33. The smallest absolute Gasteiger partial charge is 0.108 e. The third kappa shape index (κ3) is 10.1. The molecule has 162 valence electrons. The lowest BCUT2D eigenvalue weighted by Crippen LogP contribution is -2.03. The van der Waals surface area contributed by atoms with Crippen molar-refractivity contribution < 1.29 is 0 Å². The zero-order chi connectivity index (χ0) is 20.6. The molecule has 1 heterocycles. The highest BCUT2D eigenvalue weighted by molar-refractivity contribution is 5.15. The fourth-order valence-corrected chi connectivity index (χ4v) is 4.07. The minimum Gasteiger partial charge on any atom is -0.335 e. The van der Waals surface area contributed by atoms with Crippen LogP contribution in [0.1, 0.15) is 108 Å². The van der Waals surface area contributed by atoms with Crippen molar-refractivity contribution in [2.75, 3.05) is 0 Å². The molecule has 0 spiro atoms. The van der Waals surface area contributed by atoms with Gasteiger partial charge in [0.15, 0.2) is 0 Å². The van der Waals surface area contributed by atoms with Crippen molar-refractivity contribution in [1.82, 2.24) is 9.55 Å². The first-order chi connectivity index (χ1) is 14.3. The summed E-state index contributed by atoms with van der Waals surface area (Å²) in [5.41, 5.74) is 2.73. The predicted octanol–water partition coefficient (Wildman–Crippen LogP) is 7.93. The van der Waals surface area contributed by atoms with Gasteiger partial charge in [-0.1, -0.05) is 102 Å². The van der Waals surface area contributed by atoms with Crippen LogP contribution in [-0.4, -0.2) is 9.55 Å². The van der Waals surface area contributed by atoms with Crippen LogP contribution in [0.25, 0.3) is 0 Å². The molecule has 0 N–H and O–H groups in total. The molecular formula is C27H44N2. The van der Waals surface area contributed by atoms with E-state index in [-0.39, 0.29) is 0 Å². The van der Waals surface area contributed by atoms with E-state index in [2.05, 4.69) is 54.9 Å². The molecule has 0 aliphatic carbocycles. The summed E-state index contributed by atoms with van der Waals surface area (Å²) in [6, 6.07) is 10.8. The largest absolute Gasteiger partial charge is 0.335 e. The predicted molar refractivity (Wildman–Crippen MR) is 127 cm³/mol. The number of benzene rings is 1. The van der Waals surface area contributed by atoms with E-state index in [1.165, 1.54) is 94.1 Å². The van der Waals surface area contributed by atoms with Gasteiger partial charge < -0.3 is 4.57 Å². The van der Waals surface area contributed by atoms with Gasteiger partial charge in [0.25, 0.3) is 0 Å². The van der Waals surface area contributed by atoms with E-state index in [0.29, 0.717) is 0 Å². The SMILES string of the molecule is CCCCCCCCCCCc1nc(CCCc2ccccc2)cn1CCCC. The third-order valence-corrected chi connectivity index (χ3v) is 5.91. The topological polar surface area (TPSA) is 17.8 Å². The highest BCUT2D eigenvalue weighted by atomic mass is 15.1. The number of aryl methyl sites for hydroxylation is 4. The molecule has 0 fully saturated rings. The molecule has 0 aliphatic heterocycles. The van der Waals surface area contributed by atoms with Crippen molar-refractivity contribution >= 4 is 0 Å². The van der Waals surface area contributed by atoms with Gasteiger partial charge in [0.2, 0.25) is 0 Å². The van der Waals surface area contributed by atoms with Crippen molar-refractivity contribution in [1.29, 1.82) is 0 Å². The van der Waals surface area contributed by atoms with Crippen molar-refractivity contribution in [3.8, 4) is 0 Å². The van der Waals surface area contributed by atoms with Crippen molar-refractivity contribution in [3.63, 3.8) is 0 Å². The molecule has 1 aromatic heterocycles. The molecule has 2 aromatic rings. The van der Waals surface area contributed by atoms with Crippen LogP contribution in [0.15, 0.2) is 36.5 Å². The summed E-state index contributed by atoms with van der Waals surface area (Å²) in [4.78, 5) is 5.02. The Labute approximate surface area is 180 Å². The van der Waals surface area contributed by atoms with Crippen molar-refractivity contribution in [2.45, 2.75) is 117 Å². The summed E-state index contributed by atoms with van der Waals surface area (Å²) >= 11 is 0. The number of unbranched alkanes of at least 4 members (excludes halogenated alkanes) is 9. The molecule has 0 saturated carbocycles. The minimum atomic E-state index is 1.10. The molecule has 1 aromatic carbocycles. The minimum absolute atomic E-state index is 1.10. The van der Waals surface area contributed by atoms with Gasteiger partial charge in [0, 0.05) is 19.2 Å². The summed E-state index contributed by atoms with van der Waals surface area (Å²) in [7, 11) is 0. The second-order valence-corrected chi connectivity index (χ2v) is 8.61. The standard InChI is InChI=1S/C27H44N2/c1-3-5-7-8-9-10-11-12-16-22-27-28-26(24-29(27)23-6-4-2)21-17-20-25-18-14-13-15-19-25/h13-15,18-19,24H,3-12,16-17,20-23H2,1-2H3. The molecule has 0 saturated heterocycles. The Morgan fingerprint density at radius 3 is 2.00 bits per heavy atom. The first-order valence-corrected chi connectivity index (χ1v) is 12.4. The molecule has 0 unspecified atom stereocenters. The highest BCUT2D eigenvalue weighted by Crippen LogP contribution is 2.15. The zero-order valence-corrected chi connectivity index (χ0v) is 19.2. The number of imidazole rings is 1. The average Bonchev–Trinajstić information content (AvgIpc) is 3.13. The number of rotatable bonds is 17. The average molecular weight is 397 g/mol. The number of hydrogen-bond donors (Lipinski definition) is 0. The van der Waals surface area contributed by atoms with E-state index in [0.717, 1.165) is 25.8 Å².